The van der Waals surface area contributed by atoms with Crippen LogP contribution in [0, 0.1) is 5.92 Å². The second-order valence-electron chi connectivity index (χ2n) is 6.49. The van der Waals surface area contributed by atoms with E-state index in [1.54, 1.807) is 4.90 Å². The van der Waals surface area contributed by atoms with Crippen LogP contribution in [0.1, 0.15) is 25.3 Å². The van der Waals surface area contributed by atoms with Crippen molar-refractivity contribution < 1.29 is 14.3 Å². The highest BCUT2D eigenvalue weighted by Crippen LogP contribution is 2.27. The summed E-state index contributed by atoms with van der Waals surface area (Å²) in [6, 6.07) is 17.2. The van der Waals surface area contributed by atoms with Crippen LogP contribution in [0.3, 0.4) is 0 Å². The van der Waals surface area contributed by atoms with Crippen molar-refractivity contribution in [2.75, 3.05) is 18.5 Å². The Morgan fingerprint density at radius 1 is 1.15 bits per heavy atom. The number of carbonyl (C=O) groups is 2. The molecular weight excluding hydrogens is 328 g/mol. The van der Waals surface area contributed by atoms with Gasteiger partial charge in [-0.3, -0.25) is 9.59 Å². The fraction of sp³-hybridized carbons (Fsp3) is 0.333. The number of carbonyl (C=O) groups excluding carboxylic acids is 2. The van der Waals surface area contributed by atoms with Gasteiger partial charge in [0.2, 0.25) is 11.8 Å². The maximum absolute atomic E-state index is 12.6. The molecule has 2 aromatic carbocycles. The van der Waals surface area contributed by atoms with Gasteiger partial charge in [0, 0.05) is 19.5 Å². The van der Waals surface area contributed by atoms with E-state index in [9.17, 15) is 9.59 Å². The molecule has 1 N–H and O–H groups in total. The van der Waals surface area contributed by atoms with Gasteiger partial charge in [0.15, 0.2) is 0 Å². The average Bonchev–Trinajstić information content (AvgIpc) is 3.02. The zero-order chi connectivity index (χ0) is 18.4. The molecule has 1 aliphatic rings. The Morgan fingerprint density at radius 3 is 2.65 bits per heavy atom. The fourth-order valence-corrected chi connectivity index (χ4v) is 3.05. The van der Waals surface area contributed by atoms with Crippen LogP contribution >= 0.6 is 0 Å². The Bertz CT molecular complexity index is 761. The third kappa shape index (κ3) is 4.42. The third-order valence-electron chi connectivity index (χ3n) is 4.41. The first-order chi connectivity index (χ1) is 12.7. The molecule has 1 aliphatic heterocycles. The zero-order valence-electron chi connectivity index (χ0n) is 15.0. The molecule has 26 heavy (non-hydrogen) atoms. The Balaban J connectivity index is 1.62. The molecule has 0 saturated carbocycles. The summed E-state index contributed by atoms with van der Waals surface area (Å²) in [5.41, 5.74) is 1.72. The molecule has 2 amide bonds. The lowest BCUT2D eigenvalue weighted by molar-refractivity contribution is -0.128. The fourth-order valence-electron chi connectivity index (χ4n) is 3.05. The standard InChI is InChI=1S/C21H24N2O3/c1-2-12-26-19-11-7-6-10-18(19)22-21(25)17-13-20(24)23(15-17)14-16-8-4-3-5-9-16/h3-11,17H,2,12-15H2,1H3,(H,22,25)/t17-/m1/s1. The number of rotatable bonds is 7. The summed E-state index contributed by atoms with van der Waals surface area (Å²) in [5, 5.41) is 2.92. The van der Waals surface area contributed by atoms with Crippen molar-refractivity contribution in [1.29, 1.82) is 0 Å². The molecule has 136 valence electrons. The summed E-state index contributed by atoms with van der Waals surface area (Å²) in [5.74, 6) is 0.199. The second-order valence-corrected chi connectivity index (χ2v) is 6.49. The van der Waals surface area contributed by atoms with Crippen molar-refractivity contribution in [3.05, 3.63) is 60.2 Å². The van der Waals surface area contributed by atoms with Gasteiger partial charge < -0.3 is 15.0 Å². The molecule has 0 unspecified atom stereocenters. The topological polar surface area (TPSA) is 58.6 Å². The smallest absolute Gasteiger partial charge is 0.229 e. The highest BCUT2D eigenvalue weighted by molar-refractivity contribution is 5.98. The molecule has 1 fully saturated rings. The molecule has 1 atom stereocenters. The Hall–Kier alpha value is -2.82. The Morgan fingerprint density at radius 2 is 1.88 bits per heavy atom. The minimum atomic E-state index is -0.342. The molecule has 0 radical (unpaired) electrons. The van der Waals surface area contributed by atoms with Gasteiger partial charge in [0.1, 0.15) is 5.75 Å². The molecule has 1 saturated heterocycles. The first kappa shape index (κ1) is 18.0. The third-order valence-corrected chi connectivity index (χ3v) is 4.41. The number of anilines is 1. The molecule has 3 rings (SSSR count). The van der Waals surface area contributed by atoms with Crippen LogP contribution in [-0.4, -0.2) is 29.9 Å². The number of amides is 2. The van der Waals surface area contributed by atoms with Crippen molar-refractivity contribution in [2.24, 2.45) is 5.92 Å². The zero-order valence-corrected chi connectivity index (χ0v) is 15.0. The highest BCUT2D eigenvalue weighted by Gasteiger charge is 2.34. The van der Waals surface area contributed by atoms with E-state index in [1.807, 2.05) is 61.5 Å². The van der Waals surface area contributed by atoms with Crippen LogP contribution in [0.5, 0.6) is 5.75 Å². The first-order valence-corrected chi connectivity index (χ1v) is 9.01. The van der Waals surface area contributed by atoms with E-state index in [4.69, 9.17) is 4.74 Å². The van der Waals surface area contributed by atoms with Crippen molar-refractivity contribution in [3.63, 3.8) is 0 Å². The van der Waals surface area contributed by atoms with Gasteiger partial charge in [-0.15, -0.1) is 0 Å². The van der Waals surface area contributed by atoms with Gasteiger partial charge in [-0.1, -0.05) is 49.4 Å². The summed E-state index contributed by atoms with van der Waals surface area (Å²) < 4.78 is 5.68. The summed E-state index contributed by atoms with van der Waals surface area (Å²) in [7, 11) is 0. The number of hydrogen-bond donors (Lipinski definition) is 1. The summed E-state index contributed by atoms with van der Waals surface area (Å²) in [6.45, 7) is 3.61. The maximum Gasteiger partial charge on any atom is 0.229 e. The number of hydrogen-bond acceptors (Lipinski definition) is 3. The van der Waals surface area contributed by atoms with Crippen LogP contribution in [0.4, 0.5) is 5.69 Å². The van der Waals surface area contributed by atoms with E-state index in [1.165, 1.54) is 0 Å². The van der Waals surface area contributed by atoms with Crippen LogP contribution in [0.25, 0.3) is 0 Å². The van der Waals surface area contributed by atoms with Gasteiger partial charge in [-0.25, -0.2) is 0 Å². The van der Waals surface area contributed by atoms with E-state index in [2.05, 4.69) is 5.32 Å². The van der Waals surface area contributed by atoms with Crippen LogP contribution in [0.15, 0.2) is 54.6 Å². The lowest BCUT2D eigenvalue weighted by Crippen LogP contribution is -2.28. The van der Waals surface area contributed by atoms with E-state index >= 15 is 0 Å². The SMILES string of the molecule is CCCOc1ccccc1NC(=O)[C@@H]1CC(=O)N(Cc2ccccc2)C1. The van der Waals surface area contributed by atoms with E-state index in [-0.39, 0.29) is 24.2 Å². The van der Waals surface area contributed by atoms with Gasteiger partial charge in [0.05, 0.1) is 18.2 Å². The number of ether oxygens (including phenoxy) is 1. The number of benzene rings is 2. The van der Waals surface area contributed by atoms with Crippen molar-refractivity contribution in [3.8, 4) is 5.75 Å². The normalized spacial score (nSPS) is 16.6. The van der Waals surface area contributed by atoms with Gasteiger partial charge in [-0.2, -0.15) is 0 Å². The largest absolute Gasteiger partial charge is 0.491 e. The molecular formula is C21H24N2O3. The molecule has 5 heteroatoms. The first-order valence-electron chi connectivity index (χ1n) is 9.01. The van der Waals surface area contributed by atoms with Crippen molar-refractivity contribution >= 4 is 17.5 Å². The maximum atomic E-state index is 12.6. The number of para-hydroxylation sites is 2. The van der Waals surface area contributed by atoms with Crippen LogP contribution in [0.2, 0.25) is 0 Å². The van der Waals surface area contributed by atoms with Gasteiger partial charge >= 0.3 is 0 Å². The van der Waals surface area contributed by atoms with Gasteiger partial charge in [0.25, 0.3) is 0 Å². The van der Waals surface area contributed by atoms with E-state index in [0.29, 0.717) is 31.1 Å². The minimum Gasteiger partial charge on any atom is -0.491 e. The molecule has 0 aromatic heterocycles. The molecule has 0 aliphatic carbocycles. The number of nitrogens with one attached hydrogen (secondary N) is 1. The van der Waals surface area contributed by atoms with Crippen molar-refractivity contribution in [2.45, 2.75) is 26.3 Å². The minimum absolute atomic E-state index is 0.0181. The molecule has 5 nitrogen and oxygen atoms in total. The van der Waals surface area contributed by atoms with Crippen molar-refractivity contribution in [1.82, 2.24) is 4.90 Å². The Kier molecular flexibility index (Phi) is 5.89. The van der Waals surface area contributed by atoms with E-state index < -0.39 is 0 Å². The lowest BCUT2D eigenvalue weighted by atomic mass is 10.1. The van der Waals surface area contributed by atoms with Crippen LogP contribution in [-0.2, 0) is 16.1 Å². The molecule has 0 spiro atoms. The second kappa shape index (κ2) is 8.52. The lowest BCUT2D eigenvalue weighted by Gasteiger charge is -2.17. The molecule has 1 heterocycles. The summed E-state index contributed by atoms with van der Waals surface area (Å²) in [4.78, 5) is 26.7. The van der Waals surface area contributed by atoms with Gasteiger partial charge in [-0.05, 0) is 24.1 Å². The predicted molar refractivity (Wildman–Crippen MR) is 101 cm³/mol. The monoisotopic (exact) mass is 352 g/mol. The molecule has 0 bridgehead atoms. The number of likely N-dealkylation sites (tertiary alicyclic amines) is 1. The molecule has 2 aromatic rings. The predicted octanol–water partition coefficient (Wildman–Crippen LogP) is 3.46. The quantitative estimate of drug-likeness (QED) is 0.830. The number of nitrogens with zero attached hydrogens (tertiary/aromatic N) is 1. The van der Waals surface area contributed by atoms with Crippen LogP contribution < -0.4 is 10.1 Å². The van der Waals surface area contributed by atoms with E-state index in [0.717, 1.165) is 12.0 Å². The average molecular weight is 352 g/mol. The summed E-state index contributed by atoms with van der Waals surface area (Å²) >= 11 is 0. The Labute approximate surface area is 154 Å². The highest BCUT2D eigenvalue weighted by atomic mass is 16.5. The summed E-state index contributed by atoms with van der Waals surface area (Å²) in [6.07, 6.45) is 1.14.